The van der Waals surface area contributed by atoms with Gasteiger partial charge in [-0.05, 0) is 102 Å². The second kappa shape index (κ2) is 11.8. The fraction of sp³-hybridized carbons (Fsp3) is 0.500. The second-order valence-corrected chi connectivity index (χ2v) is 18.2. The summed E-state index contributed by atoms with van der Waals surface area (Å²) in [7, 11) is -1.76. The molecule has 0 bridgehead atoms. The van der Waals surface area contributed by atoms with Gasteiger partial charge in [0.1, 0.15) is 5.52 Å². The van der Waals surface area contributed by atoms with E-state index >= 15 is 0 Å². The molecule has 0 aliphatic heterocycles. The van der Waals surface area contributed by atoms with Crippen molar-refractivity contribution in [3.8, 4) is 5.75 Å². The summed E-state index contributed by atoms with van der Waals surface area (Å²) in [5.74, 6) is 2.15. The number of hydrogen-bond donors (Lipinski definition) is 1. The first-order valence-corrected chi connectivity index (χ1v) is 18.3. The molecule has 0 saturated heterocycles. The first-order chi connectivity index (χ1) is 17.5. The Morgan fingerprint density at radius 2 is 1.81 bits per heavy atom. The molecule has 5 nitrogen and oxygen atoms in total. The molecule has 1 fully saturated rings. The summed E-state index contributed by atoms with van der Waals surface area (Å²) in [5, 5.41) is 5.27. The first-order valence-electron chi connectivity index (χ1n) is 12.8. The van der Waals surface area contributed by atoms with Crippen molar-refractivity contribution in [3.05, 3.63) is 51.6 Å². The third kappa shape index (κ3) is 7.01. The van der Waals surface area contributed by atoms with Crippen LogP contribution in [0.5, 0.6) is 5.75 Å². The van der Waals surface area contributed by atoms with E-state index in [2.05, 4.69) is 72.4 Å². The second-order valence-electron chi connectivity index (χ2n) is 11.3. The maximum atomic E-state index is 6.67. The van der Waals surface area contributed by atoms with Gasteiger partial charge in [-0.3, -0.25) is 0 Å². The summed E-state index contributed by atoms with van der Waals surface area (Å²) < 4.78 is 14.2. The lowest BCUT2D eigenvalue weighted by atomic mass is 9.95. The molecule has 1 aliphatic rings. The third-order valence-electron chi connectivity index (χ3n) is 7.43. The van der Waals surface area contributed by atoms with Crippen molar-refractivity contribution in [1.82, 2.24) is 9.97 Å². The first kappa shape index (κ1) is 28.7. The maximum absolute atomic E-state index is 6.67. The largest absolute Gasteiger partial charge is 0.487 e. The van der Waals surface area contributed by atoms with Crippen molar-refractivity contribution in [1.29, 1.82) is 0 Å². The zero-order valence-corrected chi connectivity index (χ0v) is 26.7. The highest BCUT2D eigenvalue weighted by Crippen LogP contribution is 2.40. The van der Waals surface area contributed by atoms with Crippen LogP contribution in [0.3, 0.4) is 0 Å². The van der Waals surface area contributed by atoms with Crippen LogP contribution in [0.1, 0.15) is 52.0 Å². The number of rotatable bonds is 8. The maximum Gasteiger partial charge on any atom is 0.227 e. The van der Waals surface area contributed by atoms with Crippen molar-refractivity contribution >= 4 is 70.1 Å². The van der Waals surface area contributed by atoms with Gasteiger partial charge in [-0.15, -0.1) is 0 Å². The zero-order valence-electron chi connectivity index (χ0n) is 22.5. The number of thioether (sulfide) groups is 1. The fourth-order valence-electron chi connectivity index (χ4n) is 4.29. The molecule has 9 heteroatoms. The molecule has 37 heavy (non-hydrogen) atoms. The molecule has 1 aromatic heterocycles. The van der Waals surface area contributed by atoms with Crippen LogP contribution in [0, 0.1) is 0 Å². The van der Waals surface area contributed by atoms with Crippen LogP contribution in [0.15, 0.2) is 41.0 Å². The van der Waals surface area contributed by atoms with Gasteiger partial charge < -0.3 is 14.5 Å². The van der Waals surface area contributed by atoms with Gasteiger partial charge in [0.2, 0.25) is 5.95 Å². The molecule has 0 atom stereocenters. The van der Waals surface area contributed by atoms with Crippen LogP contribution in [0.25, 0.3) is 10.9 Å². The molecule has 200 valence electrons. The van der Waals surface area contributed by atoms with E-state index in [0.717, 1.165) is 68.8 Å². The molecular formula is C28H37BrClN3O2SSi. The predicted octanol–water partition coefficient (Wildman–Crippen LogP) is 9.36. The number of fused-ring (bicyclic) bond motifs is 1. The van der Waals surface area contributed by atoms with E-state index in [0.29, 0.717) is 12.1 Å². The van der Waals surface area contributed by atoms with E-state index in [1.807, 2.05) is 30.5 Å². The van der Waals surface area contributed by atoms with Gasteiger partial charge in [-0.1, -0.05) is 32.4 Å². The van der Waals surface area contributed by atoms with Crippen LogP contribution in [-0.2, 0) is 10.2 Å². The molecule has 2 aromatic carbocycles. The van der Waals surface area contributed by atoms with Gasteiger partial charge in [0.25, 0.3) is 0 Å². The molecule has 0 spiro atoms. The molecular weight excluding hydrogens is 586 g/mol. The summed E-state index contributed by atoms with van der Waals surface area (Å²) in [4.78, 5) is 9.39. The van der Waals surface area contributed by atoms with E-state index in [9.17, 15) is 0 Å². The summed E-state index contributed by atoms with van der Waals surface area (Å²) in [6.07, 6.45) is 8.36. The number of hydrogen-bond acceptors (Lipinski definition) is 6. The summed E-state index contributed by atoms with van der Waals surface area (Å²) in [6, 6.07) is 9.93. The number of aromatic nitrogens is 2. The molecule has 3 aromatic rings. The van der Waals surface area contributed by atoms with Crippen LogP contribution >= 0.6 is 39.3 Å². The summed E-state index contributed by atoms with van der Waals surface area (Å²) in [6.45, 7) is 11.6. The topological polar surface area (TPSA) is 56.3 Å². The molecule has 0 unspecified atom stereocenters. The Morgan fingerprint density at radius 1 is 1.11 bits per heavy atom. The van der Waals surface area contributed by atoms with Crippen LogP contribution < -0.4 is 10.1 Å². The molecule has 1 N–H and O–H groups in total. The van der Waals surface area contributed by atoms with E-state index < -0.39 is 8.32 Å². The Bertz CT molecular complexity index is 1250. The minimum absolute atomic E-state index is 0.137. The molecule has 1 saturated carbocycles. The molecule has 0 radical (unpaired) electrons. The quantitative estimate of drug-likeness (QED) is 0.253. The minimum atomic E-state index is -1.76. The normalized spacial score (nSPS) is 18.7. The number of nitrogens with one attached hydrogen (secondary N) is 1. The summed E-state index contributed by atoms with van der Waals surface area (Å²) >= 11 is 11.8. The van der Waals surface area contributed by atoms with Gasteiger partial charge in [-0.2, -0.15) is 11.8 Å². The Balaban J connectivity index is 1.49. The number of nitrogens with zero attached hydrogens (tertiary/aromatic N) is 2. The zero-order chi connectivity index (χ0) is 26.8. The number of benzene rings is 2. The summed E-state index contributed by atoms with van der Waals surface area (Å²) in [5.41, 5.74) is 2.79. The van der Waals surface area contributed by atoms with Crippen molar-refractivity contribution < 1.29 is 9.16 Å². The number of halogens is 2. The third-order valence-corrected chi connectivity index (χ3v) is 13.6. The Hall–Kier alpha value is -1.32. The lowest BCUT2D eigenvalue weighted by molar-refractivity contribution is 0.0729. The molecule has 4 rings (SSSR count). The van der Waals surface area contributed by atoms with Crippen LogP contribution in [-0.4, -0.2) is 36.7 Å². The van der Waals surface area contributed by atoms with Crippen molar-refractivity contribution in [2.24, 2.45) is 0 Å². The highest BCUT2D eigenvalue weighted by Gasteiger charge is 2.40. The Kier molecular flexibility index (Phi) is 9.16. The van der Waals surface area contributed by atoms with Crippen molar-refractivity contribution in [2.45, 2.75) is 82.5 Å². The SMILES string of the molecule is CSCc1cc(Nc2ncc3ccc(Br)c(OC4CCC(O[Si](C)(C)C(C)(C)C)CC4)c3n2)ccc1Cl. The minimum Gasteiger partial charge on any atom is -0.487 e. The highest BCUT2D eigenvalue weighted by molar-refractivity contribution is 9.10. The van der Waals surface area contributed by atoms with Crippen molar-refractivity contribution in [3.63, 3.8) is 0 Å². The molecule has 1 heterocycles. The van der Waals surface area contributed by atoms with Gasteiger partial charge in [0, 0.05) is 34.1 Å². The fourth-order valence-corrected chi connectivity index (χ4v) is 6.94. The lowest BCUT2D eigenvalue weighted by Gasteiger charge is -2.41. The van der Waals surface area contributed by atoms with Crippen LogP contribution in [0.4, 0.5) is 11.6 Å². The van der Waals surface area contributed by atoms with E-state index in [-0.39, 0.29) is 11.1 Å². The smallest absolute Gasteiger partial charge is 0.227 e. The van der Waals surface area contributed by atoms with Crippen molar-refractivity contribution in [2.75, 3.05) is 11.6 Å². The number of anilines is 2. The molecule has 1 aliphatic carbocycles. The lowest BCUT2D eigenvalue weighted by Crippen LogP contribution is -2.45. The molecule has 0 amide bonds. The van der Waals surface area contributed by atoms with Gasteiger partial charge in [0.15, 0.2) is 14.1 Å². The number of ether oxygens (including phenoxy) is 1. The van der Waals surface area contributed by atoms with E-state index in [4.69, 9.17) is 25.7 Å². The van der Waals surface area contributed by atoms with E-state index in [1.165, 1.54) is 0 Å². The van der Waals surface area contributed by atoms with Gasteiger partial charge >= 0.3 is 0 Å². The predicted molar refractivity (Wildman–Crippen MR) is 164 cm³/mol. The average molecular weight is 623 g/mol. The van der Waals surface area contributed by atoms with Gasteiger partial charge in [-0.25, -0.2) is 9.97 Å². The standard InChI is InChI=1S/C28H37BrClN3O2SSi/c1-28(2,3)37(5,6)35-22-11-9-21(10-12-22)34-26-23(29)13-7-18-16-31-27(33-25(18)26)32-20-8-14-24(30)19(15-20)17-36-4/h7-8,13-16,21-22H,9-12,17H2,1-6H3,(H,31,32,33). The van der Waals surface area contributed by atoms with Crippen LogP contribution in [0.2, 0.25) is 23.2 Å². The highest BCUT2D eigenvalue weighted by atomic mass is 79.9. The Labute approximate surface area is 239 Å². The van der Waals surface area contributed by atoms with Gasteiger partial charge in [0.05, 0.1) is 10.6 Å². The van der Waals surface area contributed by atoms with E-state index in [1.54, 1.807) is 11.8 Å². The monoisotopic (exact) mass is 621 g/mol. The average Bonchev–Trinajstić information content (AvgIpc) is 2.83. The Morgan fingerprint density at radius 3 is 2.49 bits per heavy atom.